The van der Waals surface area contributed by atoms with Crippen molar-refractivity contribution in [3.63, 3.8) is 0 Å². The molecule has 0 aliphatic carbocycles. The molecule has 3 nitrogen and oxygen atoms in total. The van der Waals surface area contributed by atoms with Crippen LogP contribution < -0.4 is 0 Å². The summed E-state index contributed by atoms with van der Waals surface area (Å²) in [4.78, 5) is 11.1. The molecule has 0 fully saturated rings. The van der Waals surface area contributed by atoms with Crippen LogP contribution in [0.25, 0.3) is 0 Å². The SMILES string of the molecule is COCCOC(=O)Cc1ccsc1. The minimum absolute atomic E-state index is 0.199. The van der Waals surface area contributed by atoms with Crippen LogP contribution in [0.1, 0.15) is 5.56 Å². The quantitative estimate of drug-likeness (QED) is 0.533. The van der Waals surface area contributed by atoms with E-state index in [-0.39, 0.29) is 5.97 Å². The molecule has 0 radical (unpaired) electrons. The lowest BCUT2D eigenvalue weighted by molar-refractivity contribution is -0.144. The molecular formula is C9H12O3S. The maximum Gasteiger partial charge on any atom is 0.310 e. The molecule has 0 N–H and O–H groups in total. The van der Waals surface area contributed by atoms with Gasteiger partial charge in [-0.15, -0.1) is 0 Å². The van der Waals surface area contributed by atoms with Gasteiger partial charge in [0.25, 0.3) is 0 Å². The van der Waals surface area contributed by atoms with Gasteiger partial charge in [-0.3, -0.25) is 4.79 Å². The van der Waals surface area contributed by atoms with E-state index in [0.717, 1.165) is 5.56 Å². The highest BCUT2D eigenvalue weighted by Crippen LogP contribution is 2.06. The predicted octanol–water partition coefficient (Wildman–Crippen LogP) is 1.48. The first kappa shape index (κ1) is 10.2. The third kappa shape index (κ3) is 4.05. The molecule has 0 atom stereocenters. The minimum Gasteiger partial charge on any atom is -0.463 e. The first-order chi connectivity index (χ1) is 6.33. The van der Waals surface area contributed by atoms with Gasteiger partial charge < -0.3 is 9.47 Å². The van der Waals surface area contributed by atoms with Crippen molar-refractivity contribution in [1.29, 1.82) is 0 Å². The monoisotopic (exact) mass is 200 g/mol. The Balaban J connectivity index is 2.18. The Bertz CT molecular complexity index is 243. The third-order valence-electron chi connectivity index (χ3n) is 1.48. The molecule has 4 heteroatoms. The molecule has 0 unspecified atom stereocenters. The molecule has 0 saturated heterocycles. The molecule has 0 saturated carbocycles. The summed E-state index contributed by atoms with van der Waals surface area (Å²) < 4.78 is 9.65. The third-order valence-corrected chi connectivity index (χ3v) is 2.21. The van der Waals surface area contributed by atoms with Gasteiger partial charge >= 0.3 is 5.97 Å². The van der Waals surface area contributed by atoms with Crippen LogP contribution in [0.15, 0.2) is 16.8 Å². The molecule has 0 aliphatic rings. The lowest BCUT2D eigenvalue weighted by atomic mass is 10.2. The van der Waals surface area contributed by atoms with Gasteiger partial charge in [-0.1, -0.05) is 0 Å². The minimum atomic E-state index is -0.199. The lowest BCUT2D eigenvalue weighted by Gasteiger charge is -2.02. The fraction of sp³-hybridized carbons (Fsp3) is 0.444. The standard InChI is InChI=1S/C9H12O3S/c1-11-3-4-12-9(10)6-8-2-5-13-7-8/h2,5,7H,3-4,6H2,1H3. The van der Waals surface area contributed by atoms with Crippen LogP contribution in [0.4, 0.5) is 0 Å². The van der Waals surface area contributed by atoms with E-state index in [0.29, 0.717) is 19.6 Å². The van der Waals surface area contributed by atoms with Gasteiger partial charge in [-0.2, -0.15) is 11.3 Å². The molecule has 0 aromatic carbocycles. The van der Waals surface area contributed by atoms with E-state index in [2.05, 4.69) is 0 Å². The van der Waals surface area contributed by atoms with E-state index < -0.39 is 0 Å². The smallest absolute Gasteiger partial charge is 0.310 e. The fourth-order valence-electron chi connectivity index (χ4n) is 0.850. The van der Waals surface area contributed by atoms with Crippen LogP contribution >= 0.6 is 11.3 Å². The summed E-state index contributed by atoms with van der Waals surface area (Å²) >= 11 is 1.58. The fourth-order valence-corrected chi connectivity index (χ4v) is 1.52. The summed E-state index contributed by atoms with van der Waals surface area (Å²) in [6, 6.07) is 1.92. The molecule has 0 bridgehead atoms. The molecular weight excluding hydrogens is 188 g/mol. The van der Waals surface area contributed by atoms with Gasteiger partial charge in [0.1, 0.15) is 6.61 Å². The first-order valence-electron chi connectivity index (χ1n) is 3.98. The van der Waals surface area contributed by atoms with Gasteiger partial charge in [0.05, 0.1) is 13.0 Å². The molecule has 72 valence electrons. The zero-order valence-electron chi connectivity index (χ0n) is 7.49. The van der Waals surface area contributed by atoms with E-state index in [9.17, 15) is 4.79 Å². The van der Waals surface area contributed by atoms with E-state index in [1.807, 2.05) is 16.8 Å². The van der Waals surface area contributed by atoms with Gasteiger partial charge in [0.2, 0.25) is 0 Å². The largest absolute Gasteiger partial charge is 0.463 e. The zero-order valence-corrected chi connectivity index (χ0v) is 8.30. The zero-order chi connectivity index (χ0) is 9.52. The van der Waals surface area contributed by atoms with Crippen molar-refractivity contribution in [2.45, 2.75) is 6.42 Å². The maximum atomic E-state index is 11.1. The van der Waals surface area contributed by atoms with Crippen molar-refractivity contribution in [3.05, 3.63) is 22.4 Å². The van der Waals surface area contributed by atoms with Crippen molar-refractivity contribution < 1.29 is 14.3 Å². The molecule has 0 amide bonds. The second kappa shape index (κ2) is 5.72. The number of thiophene rings is 1. The molecule has 1 aromatic rings. The Hall–Kier alpha value is -0.870. The van der Waals surface area contributed by atoms with E-state index in [1.165, 1.54) is 0 Å². The summed E-state index contributed by atoms with van der Waals surface area (Å²) in [7, 11) is 1.58. The number of hydrogen-bond acceptors (Lipinski definition) is 4. The Kier molecular flexibility index (Phi) is 4.49. The van der Waals surface area contributed by atoms with Crippen LogP contribution in [0.3, 0.4) is 0 Å². The highest BCUT2D eigenvalue weighted by atomic mass is 32.1. The number of ether oxygens (including phenoxy) is 2. The van der Waals surface area contributed by atoms with Gasteiger partial charge in [-0.05, 0) is 22.4 Å². The molecule has 13 heavy (non-hydrogen) atoms. The van der Waals surface area contributed by atoms with Crippen LogP contribution in [0, 0.1) is 0 Å². The summed E-state index contributed by atoms with van der Waals surface area (Å²) in [6.45, 7) is 0.787. The summed E-state index contributed by atoms with van der Waals surface area (Å²) in [5.41, 5.74) is 1.01. The number of esters is 1. The predicted molar refractivity (Wildman–Crippen MR) is 50.9 cm³/mol. The molecule has 0 aliphatic heterocycles. The highest BCUT2D eigenvalue weighted by Gasteiger charge is 2.03. The van der Waals surface area contributed by atoms with Crippen LogP contribution in [0.5, 0.6) is 0 Å². The summed E-state index contributed by atoms with van der Waals surface area (Å²) in [5.74, 6) is -0.199. The molecule has 1 rings (SSSR count). The van der Waals surface area contributed by atoms with Crippen LogP contribution in [-0.2, 0) is 20.7 Å². The summed E-state index contributed by atoms with van der Waals surface area (Å²) in [5, 5.41) is 3.88. The van der Waals surface area contributed by atoms with Gasteiger partial charge in [0, 0.05) is 7.11 Å². The molecule has 1 aromatic heterocycles. The number of carbonyl (C=O) groups excluding carboxylic acids is 1. The van der Waals surface area contributed by atoms with Crippen molar-refractivity contribution in [2.24, 2.45) is 0 Å². The maximum absolute atomic E-state index is 11.1. The molecule has 1 heterocycles. The Morgan fingerprint density at radius 3 is 3.00 bits per heavy atom. The average Bonchev–Trinajstić information content (AvgIpc) is 2.57. The van der Waals surface area contributed by atoms with Crippen molar-refractivity contribution in [3.8, 4) is 0 Å². The molecule has 0 spiro atoms. The Morgan fingerprint density at radius 1 is 1.54 bits per heavy atom. The van der Waals surface area contributed by atoms with Gasteiger partial charge in [0.15, 0.2) is 0 Å². The van der Waals surface area contributed by atoms with Crippen molar-refractivity contribution >= 4 is 17.3 Å². The number of carbonyl (C=O) groups is 1. The number of rotatable bonds is 5. The van der Waals surface area contributed by atoms with Crippen molar-refractivity contribution in [2.75, 3.05) is 20.3 Å². The van der Waals surface area contributed by atoms with Crippen molar-refractivity contribution in [1.82, 2.24) is 0 Å². The van der Waals surface area contributed by atoms with E-state index >= 15 is 0 Å². The van der Waals surface area contributed by atoms with E-state index in [4.69, 9.17) is 9.47 Å². The highest BCUT2D eigenvalue weighted by molar-refractivity contribution is 7.07. The number of hydrogen-bond donors (Lipinski definition) is 0. The Morgan fingerprint density at radius 2 is 2.38 bits per heavy atom. The van der Waals surface area contributed by atoms with Gasteiger partial charge in [-0.25, -0.2) is 0 Å². The summed E-state index contributed by atoms with van der Waals surface area (Å²) in [6.07, 6.45) is 0.354. The topological polar surface area (TPSA) is 35.5 Å². The van der Waals surface area contributed by atoms with Crippen LogP contribution in [0.2, 0.25) is 0 Å². The lowest BCUT2D eigenvalue weighted by Crippen LogP contribution is -2.11. The average molecular weight is 200 g/mol. The second-order valence-corrected chi connectivity index (χ2v) is 3.30. The normalized spacial score (nSPS) is 9.92. The Labute approximate surface area is 81.3 Å². The first-order valence-corrected chi connectivity index (χ1v) is 4.93. The van der Waals surface area contributed by atoms with E-state index in [1.54, 1.807) is 18.4 Å². The number of methoxy groups -OCH3 is 1. The van der Waals surface area contributed by atoms with Crippen LogP contribution in [-0.4, -0.2) is 26.3 Å². The second-order valence-electron chi connectivity index (χ2n) is 2.52.